The highest BCUT2D eigenvalue weighted by atomic mass is 19.1. The molecule has 1 aromatic rings. The molecule has 0 heterocycles. The van der Waals surface area contributed by atoms with Crippen molar-refractivity contribution >= 4 is 0 Å². The summed E-state index contributed by atoms with van der Waals surface area (Å²) in [6, 6.07) is 7.46. The Kier molecular flexibility index (Phi) is 6.47. The van der Waals surface area contributed by atoms with Crippen LogP contribution in [0.1, 0.15) is 38.7 Å². The Balaban J connectivity index is 2.48. The first kappa shape index (κ1) is 16.5. The summed E-state index contributed by atoms with van der Waals surface area (Å²) in [5.41, 5.74) is 0.0820. The maximum Gasteiger partial charge on any atom is 0.167 e. The number of benzene rings is 1. The third-order valence-corrected chi connectivity index (χ3v) is 3.49. The van der Waals surface area contributed by atoms with Gasteiger partial charge in [-0.3, -0.25) is 5.32 Å². The highest BCUT2D eigenvalue weighted by Gasteiger charge is 2.25. The highest BCUT2D eigenvalue weighted by molar-refractivity contribution is 5.30. The molecule has 0 spiro atoms. The Morgan fingerprint density at radius 2 is 2.15 bits per heavy atom. The van der Waals surface area contributed by atoms with Crippen molar-refractivity contribution in [2.75, 3.05) is 13.2 Å². The van der Waals surface area contributed by atoms with Gasteiger partial charge in [0.1, 0.15) is 5.54 Å². The lowest BCUT2D eigenvalue weighted by Gasteiger charge is -2.26. The number of halogens is 1. The molecule has 0 saturated carbocycles. The molecule has 0 amide bonds. The molecule has 1 unspecified atom stereocenters. The summed E-state index contributed by atoms with van der Waals surface area (Å²) in [5.74, 6) is -0.0197. The Labute approximate surface area is 120 Å². The van der Waals surface area contributed by atoms with Gasteiger partial charge in [0, 0.05) is 0 Å². The quantitative estimate of drug-likeness (QED) is 0.739. The largest absolute Gasteiger partial charge is 0.491 e. The molecule has 1 atom stereocenters. The number of aryl methyl sites for hydroxylation is 1. The van der Waals surface area contributed by atoms with Crippen molar-refractivity contribution in [2.24, 2.45) is 0 Å². The van der Waals surface area contributed by atoms with E-state index < -0.39 is 5.54 Å². The van der Waals surface area contributed by atoms with Crippen LogP contribution in [0.25, 0.3) is 0 Å². The molecule has 3 nitrogen and oxygen atoms in total. The molecule has 1 rings (SSSR count). The zero-order valence-electron chi connectivity index (χ0n) is 12.5. The van der Waals surface area contributed by atoms with Gasteiger partial charge in [-0.1, -0.05) is 26.0 Å². The van der Waals surface area contributed by atoms with Crippen molar-refractivity contribution < 1.29 is 9.13 Å². The van der Waals surface area contributed by atoms with Gasteiger partial charge < -0.3 is 4.74 Å². The summed E-state index contributed by atoms with van der Waals surface area (Å²) < 4.78 is 19.2. The Morgan fingerprint density at radius 1 is 1.40 bits per heavy atom. The minimum atomic E-state index is -0.497. The summed E-state index contributed by atoms with van der Waals surface area (Å²) >= 11 is 0. The first-order valence-corrected chi connectivity index (χ1v) is 7.12. The molecule has 0 aliphatic heterocycles. The average Bonchev–Trinajstić information content (AvgIpc) is 2.46. The fourth-order valence-electron chi connectivity index (χ4n) is 2.19. The minimum absolute atomic E-state index is 0.285. The molecule has 20 heavy (non-hydrogen) atoms. The molecular formula is C16H23FN2O. The number of hydrogen-bond acceptors (Lipinski definition) is 3. The van der Waals surface area contributed by atoms with Crippen LogP contribution >= 0.6 is 0 Å². The summed E-state index contributed by atoms with van der Waals surface area (Å²) in [7, 11) is 0. The van der Waals surface area contributed by atoms with E-state index in [-0.39, 0.29) is 11.6 Å². The van der Waals surface area contributed by atoms with Crippen molar-refractivity contribution in [3.05, 3.63) is 29.6 Å². The van der Waals surface area contributed by atoms with E-state index in [9.17, 15) is 9.65 Å². The molecule has 0 aliphatic rings. The lowest BCUT2D eigenvalue weighted by molar-refractivity contribution is 0.267. The first-order valence-electron chi connectivity index (χ1n) is 7.12. The molecule has 4 heteroatoms. The van der Waals surface area contributed by atoms with E-state index in [4.69, 9.17) is 4.74 Å². The van der Waals surface area contributed by atoms with Crippen LogP contribution in [0.3, 0.4) is 0 Å². The summed E-state index contributed by atoms with van der Waals surface area (Å²) in [4.78, 5) is 0. The van der Waals surface area contributed by atoms with Crippen molar-refractivity contribution in [3.63, 3.8) is 0 Å². The molecular weight excluding hydrogens is 255 g/mol. The number of hydrogen-bond donors (Lipinski definition) is 1. The maximum absolute atomic E-state index is 13.7. The molecule has 0 radical (unpaired) electrons. The Hall–Kier alpha value is -1.60. The predicted molar refractivity (Wildman–Crippen MR) is 78.2 cm³/mol. The van der Waals surface area contributed by atoms with Gasteiger partial charge in [-0.15, -0.1) is 0 Å². The van der Waals surface area contributed by atoms with Crippen molar-refractivity contribution in [3.8, 4) is 11.8 Å². The number of rotatable bonds is 8. The molecule has 0 fully saturated rings. The molecule has 0 bridgehead atoms. The van der Waals surface area contributed by atoms with E-state index in [0.29, 0.717) is 25.0 Å². The second-order valence-electron chi connectivity index (χ2n) is 4.92. The zero-order valence-corrected chi connectivity index (χ0v) is 12.5. The third-order valence-electron chi connectivity index (χ3n) is 3.49. The summed E-state index contributed by atoms with van der Waals surface area (Å²) in [6.45, 7) is 6.86. The van der Waals surface area contributed by atoms with Crippen LogP contribution in [-0.4, -0.2) is 18.7 Å². The maximum atomic E-state index is 13.7. The van der Waals surface area contributed by atoms with E-state index in [1.807, 2.05) is 13.8 Å². The van der Waals surface area contributed by atoms with Crippen LogP contribution < -0.4 is 10.1 Å². The van der Waals surface area contributed by atoms with Gasteiger partial charge in [-0.05, 0) is 44.4 Å². The van der Waals surface area contributed by atoms with Crippen LogP contribution in [0.5, 0.6) is 5.75 Å². The van der Waals surface area contributed by atoms with Gasteiger partial charge >= 0.3 is 0 Å². The predicted octanol–water partition coefficient (Wildman–Crippen LogP) is 3.58. The standard InChI is InChI=1S/C16H23FN2O/c1-4-16(12-18,19-5-2)10-7-11-20-14-9-6-8-13(3)15(14)17/h6,8-9,19H,4-5,7,10-11H2,1-3H3. The van der Waals surface area contributed by atoms with E-state index in [1.54, 1.807) is 25.1 Å². The molecule has 0 aliphatic carbocycles. The topological polar surface area (TPSA) is 45.0 Å². The van der Waals surface area contributed by atoms with Crippen LogP contribution in [0.2, 0.25) is 0 Å². The minimum Gasteiger partial charge on any atom is -0.491 e. The first-order chi connectivity index (χ1) is 9.58. The second kappa shape index (κ2) is 7.86. The second-order valence-corrected chi connectivity index (χ2v) is 4.92. The molecule has 1 aromatic carbocycles. The Bertz CT molecular complexity index is 470. The molecule has 0 aromatic heterocycles. The van der Waals surface area contributed by atoms with Crippen molar-refractivity contribution in [1.29, 1.82) is 5.26 Å². The van der Waals surface area contributed by atoms with Gasteiger partial charge in [0.15, 0.2) is 11.6 Å². The van der Waals surface area contributed by atoms with Crippen LogP contribution in [0.4, 0.5) is 4.39 Å². The van der Waals surface area contributed by atoms with Gasteiger partial charge in [-0.25, -0.2) is 4.39 Å². The van der Waals surface area contributed by atoms with Gasteiger partial charge in [-0.2, -0.15) is 5.26 Å². The van der Waals surface area contributed by atoms with Gasteiger partial charge in [0.25, 0.3) is 0 Å². The van der Waals surface area contributed by atoms with Crippen molar-refractivity contribution in [2.45, 2.75) is 45.6 Å². The molecule has 0 saturated heterocycles. The number of nitriles is 1. The third kappa shape index (κ3) is 4.21. The highest BCUT2D eigenvalue weighted by Crippen LogP contribution is 2.21. The SMILES string of the molecule is CCNC(C#N)(CC)CCCOc1cccc(C)c1F. The van der Waals surface area contributed by atoms with Crippen LogP contribution in [0.15, 0.2) is 18.2 Å². The van der Waals surface area contributed by atoms with E-state index in [1.165, 1.54) is 0 Å². The van der Waals surface area contributed by atoms with Crippen LogP contribution in [-0.2, 0) is 0 Å². The summed E-state index contributed by atoms with van der Waals surface area (Å²) in [6.07, 6.45) is 2.15. The van der Waals surface area contributed by atoms with E-state index in [2.05, 4.69) is 11.4 Å². The number of nitrogens with zero attached hydrogens (tertiary/aromatic N) is 1. The fraction of sp³-hybridized carbons (Fsp3) is 0.562. The smallest absolute Gasteiger partial charge is 0.167 e. The Morgan fingerprint density at radius 3 is 2.75 bits per heavy atom. The molecule has 1 N–H and O–H groups in total. The van der Waals surface area contributed by atoms with Gasteiger partial charge in [0.05, 0.1) is 12.7 Å². The average molecular weight is 278 g/mol. The van der Waals surface area contributed by atoms with Crippen molar-refractivity contribution in [1.82, 2.24) is 5.32 Å². The van der Waals surface area contributed by atoms with Gasteiger partial charge in [0.2, 0.25) is 0 Å². The fourth-order valence-corrected chi connectivity index (χ4v) is 2.19. The number of ether oxygens (including phenoxy) is 1. The number of nitrogens with one attached hydrogen (secondary N) is 1. The van der Waals surface area contributed by atoms with Crippen LogP contribution in [0, 0.1) is 24.1 Å². The summed E-state index contributed by atoms with van der Waals surface area (Å²) in [5, 5.41) is 12.5. The zero-order chi connectivity index (χ0) is 15.0. The lowest BCUT2D eigenvalue weighted by atomic mass is 9.92. The van der Waals surface area contributed by atoms with E-state index >= 15 is 0 Å². The van der Waals surface area contributed by atoms with E-state index in [0.717, 1.165) is 13.0 Å². The monoisotopic (exact) mass is 278 g/mol. The normalized spacial score (nSPS) is 13.6. The molecule has 110 valence electrons. The lowest BCUT2D eigenvalue weighted by Crippen LogP contribution is -2.43.